The molecule has 2 fully saturated rings. The summed E-state index contributed by atoms with van der Waals surface area (Å²) in [6.07, 6.45) is 8.61. The molecule has 1 aliphatic carbocycles. The Kier molecular flexibility index (Phi) is 5.26. The molecular weight excluding hydrogens is 236 g/mol. The van der Waals surface area contributed by atoms with Crippen LogP contribution in [0.25, 0.3) is 0 Å². The molecule has 1 saturated heterocycles. The Balaban J connectivity index is 1.68. The van der Waals surface area contributed by atoms with E-state index in [1.54, 1.807) is 0 Å². The summed E-state index contributed by atoms with van der Waals surface area (Å²) in [6, 6.07) is 0. The molecule has 2 atom stereocenters. The minimum Gasteiger partial charge on any atom is -0.356 e. The first kappa shape index (κ1) is 14.8. The van der Waals surface area contributed by atoms with Crippen LogP contribution < -0.4 is 10.6 Å². The maximum Gasteiger partial charge on any atom is 0.226 e. The van der Waals surface area contributed by atoms with Gasteiger partial charge >= 0.3 is 0 Å². The second-order valence-electron chi connectivity index (χ2n) is 6.99. The van der Waals surface area contributed by atoms with Gasteiger partial charge in [0.1, 0.15) is 0 Å². The summed E-state index contributed by atoms with van der Waals surface area (Å²) in [5, 5.41) is 6.52. The number of rotatable bonds is 4. The highest BCUT2D eigenvalue weighted by Crippen LogP contribution is 2.31. The molecule has 2 unspecified atom stereocenters. The third-order valence-corrected chi connectivity index (χ3v) is 5.14. The fourth-order valence-corrected chi connectivity index (χ4v) is 3.63. The van der Waals surface area contributed by atoms with E-state index in [-0.39, 0.29) is 11.3 Å². The first-order valence-electron chi connectivity index (χ1n) is 8.09. The molecular formula is C16H30N2O. The van der Waals surface area contributed by atoms with Crippen molar-refractivity contribution in [2.24, 2.45) is 17.3 Å². The van der Waals surface area contributed by atoms with Gasteiger partial charge < -0.3 is 10.6 Å². The summed E-state index contributed by atoms with van der Waals surface area (Å²) in [4.78, 5) is 12.3. The van der Waals surface area contributed by atoms with Gasteiger partial charge in [-0.05, 0) is 50.6 Å². The van der Waals surface area contributed by atoms with Gasteiger partial charge in [-0.25, -0.2) is 0 Å². The predicted molar refractivity (Wildman–Crippen MR) is 79.0 cm³/mol. The largest absolute Gasteiger partial charge is 0.356 e. The predicted octanol–water partition coefficient (Wildman–Crippen LogP) is 2.71. The van der Waals surface area contributed by atoms with Gasteiger partial charge in [0.05, 0.1) is 0 Å². The zero-order valence-electron chi connectivity index (χ0n) is 12.6. The molecule has 2 N–H and O–H groups in total. The maximum atomic E-state index is 12.3. The van der Waals surface area contributed by atoms with E-state index in [4.69, 9.17) is 0 Å². The molecule has 19 heavy (non-hydrogen) atoms. The van der Waals surface area contributed by atoms with Crippen LogP contribution in [0.5, 0.6) is 0 Å². The van der Waals surface area contributed by atoms with Crippen molar-refractivity contribution in [2.75, 3.05) is 19.6 Å². The van der Waals surface area contributed by atoms with E-state index < -0.39 is 0 Å². The van der Waals surface area contributed by atoms with Crippen molar-refractivity contribution in [1.82, 2.24) is 10.6 Å². The molecule has 0 spiro atoms. The Morgan fingerprint density at radius 1 is 1.32 bits per heavy atom. The molecule has 1 amide bonds. The van der Waals surface area contributed by atoms with Gasteiger partial charge in [-0.2, -0.15) is 0 Å². The average Bonchev–Trinajstić information content (AvgIpc) is 2.39. The SMILES string of the molecule is CC1CCCC(CCNC(=O)C2(C)CCNCC2)C1. The number of hydrogen-bond donors (Lipinski definition) is 2. The van der Waals surface area contributed by atoms with Gasteiger partial charge in [0.15, 0.2) is 0 Å². The summed E-state index contributed by atoms with van der Waals surface area (Å²) < 4.78 is 0. The van der Waals surface area contributed by atoms with E-state index in [1.165, 1.54) is 32.1 Å². The lowest BCUT2D eigenvalue weighted by Gasteiger charge is -2.33. The zero-order valence-corrected chi connectivity index (χ0v) is 12.6. The summed E-state index contributed by atoms with van der Waals surface area (Å²) in [5.74, 6) is 2.00. The van der Waals surface area contributed by atoms with E-state index in [1.807, 2.05) is 0 Å². The summed E-state index contributed by atoms with van der Waals surface area (Å²) in [6.45, 7) is 7.31. The normalized spacial score (nSPS) is 30.8. The third-order valence-electron chi connectivity index (χ3n) is 5.14. The van der Waals surface area contributed by atoms with Crippen molar-refractivity contribution >= 4 is 5.91 Å². The highest BCUT2D eigenvalue weighted by atomic mass is 16.2. The van der Waals surface area contributed by atoms with E-state index in [9.17, 15) is 4.79 Å². The lowest BCUT2D eigenvalue weighted by molar-refractivity contribution is -0.131. The highest BCUT2D eigenvalue weighted by Gasteiger charge is 2.34. The Morgan fingerprint density at radius 2 is 2.05 bits per heavy atom. The summed E-state index contributed by atoms with van der Waals surface area (Å²) in [7, 11) is 0. The molecule has 0 aromatic rings. The fourth-order valence-electron chi connectivity index (χ4n) is 3.63. The van der Waals surface area contributed by atoms with Crippen molar-refractivity contribution in [3.63, 3.8) is 0 Å². The number of amides is 1. The summed E-state index contributed by atoms with van der Waals surface area (Å²) in [5.41, 5.74) is -0.134. The number of hydrogen-bond acceptors (Lipinski definition) is 2. The maximum absolute atomic E-state index is 12.3. The van der Waals surface area contributed by atoms with Crippen molar-refractivity contribution in [2.45, 2.75) is 58.8 Å². The van der Waals surface area contributed by atoms with Crippen LogP contribution in [0.2, 0.25) is 0 Å². The van der Waals surface area contributed by atoms with Gasteiger partial charge in [0.2, 0.25) is 5.91 Å². The van der Waals surface area contributed by atoms with Gasteiger partial charge in [-0.3, -0.25) is 4.79 Å². The first-order chi connectivity index (χ1) is 9.10. The van der Waals surface area contributed by atoms with E-state index in [0.717, 1.165) is 44.3 Å². The van der Waals surface area contributed by atoms with Crippen molar-refractivity contribution in [1.29, 1.82) is 0 Å². The average molecular weight is 266 g/mol. The number of carbonyl (C=O) groups is 1. The second kappa shape index (κ2) is 6.74. The lowest BCUT2D eigenvalue weighted by atomic mass is 9.79. The van der Waals surface area contributed by atoms with Crippen LogP contribution in [0.4, 0.5) is 0 Å². The molecule has 2 rings (SSSR count). The van der Waals surface area contributed by atoms with Crippen molar-refractivity contribution in [3.8, 4) is 0 Å². The molecule has 0 radical (unpaired) electrons. The van der Waals surface area contributed by atoms with Gasteiger partial charge in [-0.15, -0.1) is 0 Å². The van der Waals surface area contributed by atoms with Crippen LogP contribution in [0, 0.1) is 17.3 Å². The highest BCUT2D eigenvalue weighted by molar-refractivity contribution is 5.82. The van der Waals surface area contributed by atoms with Crippen LogP contribution in [0.15, 0.2) is 0 Å². The van der Waals surface area contributed by atoms with Crippen LogP contribution >= 0.6 is 0 Å². The topological polar surface area (TPSA) is 41.1 Å². The molecule has 0 bridgehead atoms. The number of piperidine rings is 1. The molecule has 3 nitrogen and oxygen atoms in total. The summed E-state index contributed by atoms with van der Waals surface area (Å²) >= 11 is 0. The quantitative estimate of drug-likeness (QED) is 0.821. The molecule has 0 aromatic carbocycles. The monoisotopic (exact) mass is 266 g/mol. The first-order valence-corrected chi connectivity index (χ1v) is 8.09. The van der Waals surface area contributed by atoms with E-state index >= 15 is 0 Å². The number of carbonyl (C=O) groups excluding carboxylic acids is 1. The smallest absolute Gasteiger partial charge is 0.226 e. The Morgan fingerprint density at radius 3 is 2.74 bits per heavy atom. The molecule has 1 saturated carbocycles. The molecule has 1 aliphatic heterocycles. The van der Waals surface area contributed by atoms with Crippen LogP contribution in [-0.2, 0) is 4.79 Å². The fraction of sp³-hybridized carbons (Fsp3) is 0.938. The van der Waals surface area contributed by atoms with Crippen molar-refractivity contribution < 1.29 is 4.79 Å². The second-order valence-corrected chi connectivity index (χ2v) is 6.99. The molecule has 0 aromatic heterocycles. The van der Waals surface area contributed by atoms with Crippen LogP contribution in [0.1, 0.15) is 58.8 Å². The van der Waals surface area contributed by atoms with Gasteiger partial charge in [0, 0.05) is 12.0 Å². The van der Waals surface area contributed by atoms with E-state index in [0.29, 0.717) is 0 Å². The van der Waals surface area contributed by atoms with Crippen LogP contribution in [0.3, 0.4) is 0 Å². The lowest BCUT2D eigenvalue weighted by Crippen LogP contribution is -2.46. The third kappa shape index (κ3) is 4.20. The standard InChI is InChI=1S/C16H30N2O/c1-13-4-3-5-14(12-13)6-9-18-15(19)16(2)7-10-17-11-8-16/h13-14,17H,3-12H2,1-2H3,(H,18,19). The van der Waals surface area contributed by atoms with Gasteiger partial charge in [-0.1, -0.05) is 33.1 Å². The Hall–Kier alpha value is -0.570. The van der Waals surface area contributed by atoms with Gasteiger partial charge in [0.25, 0.3) is 0 Å². The molecule has 3 heteroatoms. The minimum absolute atomic E-state index is 0.134. The molecule has 110 valence electrons. The van der Waals surface area contributed by atoms with Crippen LogP contribution in [-0.4, -0.2) is 25.5 Å². The Bertz CT molecular complexity index is 297. The molecule has 1 heterocycles. The number of nitrogens with one attached hydrogen (secondary N) is 2. The minimum atomic E-state index is -0.134. The van der Waals surface area contributed by atoms with Crippen molar-refractivity contribution in [3.05, 3.63) is 0 Å². The molecule has 2 aliphatic rings. The van der Waals surface area contributed by atoms with E-state index in [2.05, 4.69) is 24.5 Å². The zero-order chi connectivity index (χ0) is 13.7. The Labute approximate surface area is 117 Å².